The Morgan fingerprint density at radius 3 is 2.94 bits per heavy atom. The van der Waals surface area contributed by atoms with Crippen molar-refractivity contribution in [1.29, 1.82) is 0 Å². The highest BCUT2D eigenvalue weighted by atomic mass is 35.5. The van der Waals surface area contributed by atoms with Gasteiger partial charge in [-0.1, -0.05) is 29.8 Å². The number of carbonyl (C=O) groups is 2. The number of likely N-dealkylation sites (tertiary alicyclic amines) is 1. The molecule has 2 aromatic carbocycles. The zero-order valence-corrected chi connectivity index (χ0v) is 19.4. The van der Waals surface area contributed by atoms with Gasteiger partial charge in [0.05, 0.1) is 12.3 Å². The van der Waals surface area contributed by atoms with Crippen LogP contribution in [0.3, 0.4) is 0 Å². The zero-order chi connectivity index (χ0) is 24.2. The molecule has 2 amide bonds. The van der Waals surface area contributed by atoms with Crippen molar-refractivity contribution in [2.75, 3.05) is 13.2 Å². The van der Waals surface area contributed by atoms with Crippen molar-refractivity contribution < 1.29 is 19.4 Å². The number of amides is 2. The maximum Gasteiger partial charge on any atom is 0.260 e. The van der Waals surface area contributed by atoms with Gasteiger partial charge < -0.3 is 20.1 Å². The molecular weight excluding hydrogens is 472 g/mol. The lowest BCUT2D eigenvalue weighted by molar-refractivity contribution is -0.159. The van der Waals surface area contributed by atoms with Crippen LogP contribution in [0.25, 0.3) is 5.69 Å². The molecule has 0 spiro atoms. The Morgan fingerprint density at radius 1 is 1.26 bits per heavy atom. The van der Waals surface area contributed by atoms with E-state index in [0.717, 1.165) is 12.0 Å². The molecule has 0 radical (unpaired) electrons. The van der Waals surface area contributed by atoms with Crippen LogP contribution in [0.15, 0.2) is 48.8 Å². The van der Waals surface area contributed by atoms with Crippen LogP contribution >= 0.6 is 11.6 Å². The number of piperidine rings is 1. The van der Waals surface area contributed by atoms with E-state index in [-0.39, 0.29) is 37.3 Å². The Balaban J connectivity index is 1.23. The summed E-state index contributed by atoms with van der Waals surface area (Å²) in [5.41, 5.74) is 0.153. The van der Waals surface area contributed by atoms with E-state index < -0.39 is 17.6 Å². The van der Waals surface area contributed by atoms with Crippen molar-refractivity contribution >= 4 is 23.4 Å². The molecule has 6 rings (SSSR count). The molecule has 10 nitrogen and oxygen atoms in total. The van der Waals surface area contributed by atoms with Crippen molar-refractivity contribution in [3.8, 4) is 11.4 Å². The maximum absolute atomic E-state index is 13.7. The van der Waals surface area contributed by atoms with Gasteiger partial charge in [0.1, 0.15) is 18.1 Å². The standard InChI is InChI=1S/C24H23ClN6O4/c25-16-5-6-19(31-13-27-28-29-31)14(9-16)11-26-22(32)21-17-10-15(17)12-30(21)23(33)24(34)7-8-35-20-4-2-1-3-18(20)24/h1-6,9,13,15,17,21,34H,7-8,10-12H2,(H,26,32)/t15-,17-,21-,24?/m0/s1. The fourth-order valence-corrected chi connectivity index (χ4v) is 5.52. The Labute approximate surface area is 205 Å². The minimum Gasteiger partial charge on any atom is -0.493 e. The predicted octanol–water partition coefficient (Wildman–Crippen LogP) is 1.45. The third-order valence-corrected chi connectivity index (χ3v) is 7.41. The van der Waals surface area contributed by atoms with Gasteiger partial charge in [-0.05, 0) is 58.5 Å². The third-order valence-electron chi connectivity index (χ3n) is 7.18. The van der Waals surface area contributed by atoms with Gasteiger partial charge >= 0.3 is 0 Å². The van der Waals surface area contributed by atoms with Crippen LogP contribution in [0.5, 0.6) is 5.75 Å². The van der Waals surface area contributed by atoms with Crippen molar-refractivity contribution in [3.63, 3.8) is 0 Å². The first-order valence-electron chi connectivity index (χ1n) is 11.5. The molecule has 4 atom stereocenters. The molecule has 1 saturated carbocycles. The van der Waals surface area contributed by atoms with Gasteiger partial charge in [0.15, 0.2) is 5.60 Å². The Hall–Kier alpha value is -3.50. The topological polar surface area (TPSA) is 122 Å². The summed E-state index contributed by atoms with van der Waals surface area (Å²) in [6.45, 7) is 0.872. The van der Waals surface area contributed by atoms with Gasteiger partial charge in [0.25, 0.3) is 5.91 Å². The molecular formula is C24H23ClN6O4. The van der Waals surface area contributed by atoms with Gasteiger partial charge in [-0.15, -0.1) is 5.10 Å². The van der Waals surface area contributed by atoms with E-state index in [4.69, 9.17) is 16.3 Å². The van der Waals surface area contributed by atoms with E-state index in [1.807, 2.05) is 0 Å². The minimum atomic E-state index is -1.72. The van der Waals surface area contributed by atoms with E-state index in [1.165, 1.54) is 11.0 Å². The number of tetrazole rings is 1. The van der Waals surface area contributed by atoms with Crippen LogP contribution in [0.2, 0.25) is 5.02 Å². The van der Waals surface area contributed by atoms with Gasteiger partial charge in [-0.25, -0.2) is 4.68 Å². The molecule has 3 aliphatic rings. The van der Waals surface area contributed by atoms with Gasteiger partial charge in [0, 0.05) is 30.1 Å². The number of hydrogen-bond donors (Lipinski definition) is 2. The highest BCUT2D eigenvalue weighted by Gasteiger charge is 2.59. The van der Waals surface area contributed by atoms with Crippen molar-refractivity contribution in [1.82, 2.24) is 30.4 Å². The van der Waals surface area contributed by atoms with Crippen molar-refractivity contribution in [2.45, 2.75) is 31.0 Å². The van der Waals surface area contributed by atoms with Gasteiger partial charge in [-0.3, -0.25) is 9.59 Å². The summed E-state index contributed by atoms with van der Waals surface area (Å²) in [5, 5.41) is 26.2. The number of halogens is 1. The Bertz CT molecular complexity index is 1300. The second-order valence-corrected chi connectivity index (χ2v) is 9.70. The predicted molar refractivity (Wildman–Crippen MR) is 124 cm³/mol. The summed E-state index contributed by atoms with van der Waals surface area (Å²) in [5.74, 6) is 0.163. The number of nitrogens with one attached hydrogen (secondary N) is 1. The highest BCUT2D eigenvalue weighted by Crippen LogP contribution is 2.51. The van der Waals surface area contributed by atoms with Crippen LogP contribution in [0.4, 0.5) is 0 Å². The molecule has 1 aromatic heterocycles. The van der Waals surface area contributed by atoms with Crippen LogP contribution in [0, 0.1) is 11.8 Å². The average molecular weight is 495 g/mol. The summed E-state index contributed by atoms with van der Waals surface area (Å²) in [4.78, 5) is 28.6. The number of benzene rings is 2. The summed E-state index contributed by atoms with van der Waals surface area (Å²) < 4.78 is 7.14. The second-order valence-electron chi connectivity index (χ2n) is 9.26. The maximum atomic E-state index is 13.7. The average Bonchev–Trinajstić information content (AvgIpc) is 3.25. The van der Waals surface area contributed by atoms with Crippen LogP contribution < -0.4 is 10.1 Å². The minimum absolute atomic E-state index is 0.0935. The number of aromatic nitrogens is 4. The number of rotatable bonds is 5. The fraction of sp³-hybridized carbons (Fsp3) is 0.375. The molecule has 11 heteroatoms. The van der Waals surface area contributed by atoms with Crippen LogP contribution in [0.1, 0.15) is 24.0 Å². The number of fused-ring (bicyclic) bond motifs is 2. The number of hydrogen-bond acceptors (Lipinski definition) is 7. The van der Waals surface area contributed by atoms with E-state index in [1.54, 1.807) is 47.4 Å². The number of para-hydroxylation sites is 1. The monoisotopic (exact) mass is 494 g/mol. The van der Waals surface area contributed by atoms with Crippen molar-refractivity contribution in [2.24, 2.45) is 11.8 Å². The summed E-state index contributed by atoms with van der Waals surface area (Å²) >= 11 is 6.19. The van der Waals surface area contributed by atoms with E-state index in [2.05, 4.69) is 20.8 Å². The summed E-state index contributed by atoms with van der Waals surface area (Å²) in [6, 6.07) is 11.6. The molecule has 2 N–H and O–H groups in total. The number of ether oxygens (including phenoxy) is 1. The summed E-state index contributed by atoms with van der Waals surface area (Å²) in [6.07, 6.45) is 2.50. The normalized spacial score (nSPS) is 26.5. The lowest BCUT2D eigenvalue weighted by Gasteiger charge is -2.38. The molecule has 180 valence electrons. The molecule has 1 saturated heterocycles. The molecule has 1 aliphatic carbocycles. The number of aliphatic hydroxyl groups is 1. The molecule has 0 bridgehead atoms. The first-order valence-corrected chi connectivity index (χ1v) is 11.9. The molecule has 3 aromatic rings. The molecule has 3 heterocycles. The Morgan fingerprint density at radius 2 is 2.11 bits per heavy atom. The Kier molecular flexibility index (Phi) is 5.23. The zero-order valence-electron chi connectivity index (χ0n) is 18.7. The molecule has 35 heavy (non-hydrogen) atoms. The summed E-state index contributed by atoms with van der Waals surface area (Å²) in [7, 11) is 0. The lowest BCUT2D eigenvalue weighted by Crippen LogP contribution is -2.55. The fourth-order valence-electron chi connectivity index (χ4n) is 5.33. The van der Waals surface area contributed by atoms with E-state index in [9.17, 15) is 14.7 Å². The molecule has 1 unspecified atom stereocenters. The van der Waals surface area contributed by atoms with Gasteiger partial charge in [-0.2, -0.15) is 0 Å². The molecule has 2 fully saturated rings. The second kappa shape index (κ2) is 8.31. The number of carbonyl (C=O) groups excluding carboxylic acids is 2. The largest absolute Gasteiger partial charge is 0.493 e. The SMILES string of the molecule is O=C(NCc1cc(Cl)ccc1-n1cnnn1)[C@@H]1[C@H]2C[C@H]2CN1C(=O)C1(O)CCOc2ccccc21. The van der Waals surface area contributed by atoms with Crippen LogP contribution in [-0.2, 0) is 21.7 Å². The first kappa shape index (κ1) is 22.0. The third kappa shape index (κ3) is 3.73. The first-order chi connectivity index (χ1) is 17.0. The van der Waals surface area contributed by atoms with Gasteiger partial charge in [0.2, 0.25) is 5.91 Å². The van der Waals surface area contributed by atoms with E-state index in [0.29, 0.717) is 28.6 Å². The highest BCUT2D eigenvalue weighted by molar-refractivity contribution is 6.30. The van der Waals surface area contributed by atoms with E-state index >= 15 is 0 Å². The number of nitrogens with zero attached hydrogens (tertiary/aromatic N) is 5. The van der Waals surface area contributed by atoms with Crippen LogP contribution in [-0.4, -0.2) is 61.2 Å². The lowest BCUT2D eigenvalue weighted by atomic mass is 9.86. The smallest absolute Gasteiger partial charge is 0.260 e. The quantitative estimate of drug-likeness (QED) is 0.550. The van der Waals surface area contributed by atoms with Crippen molar-refractivity contribution in [3.05, 3.63) is 64.9 Å². The molecule has 2 aliphatic heterocycles.